The fraction of sp³-hybridized carbons (Fsp3) is 0.216. The highest BCUT2D eigenvalue weighted by Crippen LogP contribution is 2.52. The Morgan fingerprint density at radius 1 is 0.538 bits per heavy atom. The molecule has 3 aliphatic carbocycles. The van der Waals surface area contributed by atoms with E-state index in [1.807, 2.05) is 0 Å². The predicted octanol–water partition coefficient (Wildman–Crippen LogP) is 12.8. The number of para-hydroxylation sites is 1. The van der Waals surface area contributed by atoms with Crippen LogP contribution in [0.2, 0.25) is 0 Å². The standard InChI is InChI=1S/C51H45N/c1-50(2)44-19-11-8-16-38(44)40-27-23-33(30-46(40)50)22-26-37(35-24-28-41-39-17-9-12-20-45(39)51(3,4)47(41)32-35)34-25-29-49-43(31-34)42-18-10-13-21-48(42)52(49)36-14-6-5-7-15-36/h5-21,23-25,27-32,37,42,48H,22,26H2,1-4H3. The van der Waals surface area contributed by atoms with Crippen molar-refractivity contribution in [1.29, 1.82) is 0 Å². The fourth-order valence-electron chi connectivity index (χ4n) is 10.1. The number of allylic oxidation sites excluding steroid dienone is 2. The Labute approximate surface area is 309 Å². The second kappa shape index (κ2) is 11.6. The van der Waals surface area contributed by atoms with Crippen LogP contribution in [0, 0.1) is 0 Å². The van der Waals surface area contributed by atoms with Gasteiger partial charge in [0.2, 0.25) is 0 Å². The van der Waals surface area contributed by atoms with E-state index < -0.39 is 0 Å². The SMILES string of the molecule is CC1(C)c2ccccc2-c2ccc(CCC(c3ccc4c(c3)C3C=CC=CC3N4c3ccccc3)c3ccc4c(c3)C(C)(C)c3ccccc3-4)cc21. The molecule has 0 radical (unpaired) electrons. The van der Waals surface area contributed by atoms with Crippen molar-refractivity contribution in [3.05, 3.63) is 202 Å². The lowest BCUT2D eigenvalue weighted by Gasteiger charge is -2.28. The molecule has 52 heavy (non-hydrogen) atoms. The van der Waals surface area contributed by atoms with Gasteiger partial charge in [-0.1, -0.05) is 167 Å². The third-order valence-electron chi connectivity index (χ3n) is 12.9. The Morgan fingerprint density at radius 3 is 1.85 bits per heavy atom. The largest absolute Gasteiger partial charge is 0.333 e. The van der Waals surface area contributed by atoms with Gasteiger partial charge in [-0.2, -0.15) is 0 Å². The molecule has 0 fully saturated rings. The van der Waals surface area contributed by atoms with E-state index in [0.29, 0.717) is 5.92 Å². The van der Waals surface area contributed by atoms with Crippen LogP contribution in [0.15, 0.2) is 158 Å². The maximum absolute atomic E-state index is 2.56. The van der Waals surface area contributed by atoms with Crippen LogP contribution in [0.5, 0.6) is 0 Å². The van der Waals surface area contributed by atoms with Gasteiger partial charge in [-0.05, 0) is 97.8 Å². The molecular weight excluding hydrogens is 627 g/mol. The zero-order valence-corrected chi connectivity index (χ0v) is 30.6. The highest BCUT2D eigenvalue weighted by atomic mass is 15.2. The van der Waals surface area contributed by atoms with E-state index >= 15 is 0 Å². The van der Waals surface area contributed by atoms with E-state index in [1.165, 1.54) is 78.1 Å². The molecule has 6 aromatic carbocycles. The van der Waals surface area contributed by atoms with Crippen LogP contribution in [0.1, 0.15) is 90.5 Å². The highest BCUT2D eigenvalue weighted by molar-refractivity contribution is 5.82. The van der Waals surface area contributed by atoms with E-state index in [2.05, 4.69) is 190 Å². The number of aryl methyl sites for hydroxylation is 1. The molecule has 1 heteroatoms. The lowest BCUT2D eigenvalue weighted by molar-refractivity contribution is 0.652. The molecule has 0 spiro atoms. The second-order valence-corrected chi connectivity index (χ2v) is 16.4. The van der Waals surface area contributed by atoms with Crippen LogP contribution in [-0.4, -0.2) is 6.04 Å². The van der Waals surface area contributed by atoms with Gasteiger partial charge in [0.15, 0.2) is 0 Å². The topological polar surface area (TPSA) is 3.24 Å². The summed E-state index contributed by atoms with van der Waals surface area (Å²) >= 11 is 0. The molecule has 0 bridgehead atoms. The summed E-state index contributed by atoms with van der Waals surface area (Å²) in [5, 5.41) is 0. The van der Waals surface area contributed by atoms with Gasteiger partial charge in [0.05, 0.1) is 6.04 Å². The van der Waals surface area contributed by atoms with Crippen molar-refractivity contribution >= 4 is 11.4 Å². The maximum atomic E-state index is 2.56. The highest BCUT2D eigenvalue weighted by Gasteiger charge is 2.39. The molecule has 0 N–H and O–H groups in total. The normalized spacial score (nSPS) is 19.7. The molecule has 0 saturated heterocycles. The van der Waals surface area contributed by atoms with Gasteiger partial charge in [-0.15, -0.1) is 0 Å². The van der Waals surface area contributed by atoms with E-state index in [9.17, 15) is 0 Å². The second-order valence-electron chi connectivity index (χ2n) is 16.4. The van der Waals surface area contributed by atoms with Crippen LogP contribution < -0.4 is 4.90 Å². The summed E-state index contributed by atoms with van der Waals surface area (Å²) in [6.07, 6.45) is 11.3. The van der Waals surface area contributed by atoms with E-state index in [-0.39, 0.29) is 22.8 Å². The molecule has 254 valence electrons. The maximum Gasteiger partial charge on any atom is 0.0629 e. The smallest absolute Gasteiger partial charge is 0.0629 e. The number of fused-ring (bicyclic) bond motifs is 9. The molecule has 10 rings (SSSR count). The van der Waals surface area contributed by atoms with Crippen molar-refractivity contribution in [2.75, 3.05) is 4.90 Å². The Morgan fingerprint density at radius 2 is 1.12 bits per heavy atom. The van der Waals surface area contributed by atoms with Gasteiger partial charge in [0.25, 0.3) is 0 Å². The molecule has 6 aromatic rings. The Kier molecular flexibility index (Phi) is 6.97. The lowest BCUT2D eigenvalue weighted by Crippen LogP contribution is -2.28. The first-order valence-electron chi connectivity index (χ1n) is 19.1. The monoisotopic (exact) mass is 671 g/mol. The summed E-state index contributed by atoms with van der Waals surface area (Å²) < 4.78 is 0. The molecule has 0 saturated carbocycles. The van der Waals surface area contributed by atoms with Crippen molar-refractivity contribution in [2.45, 2.75) is 69.2 Å². The number of nitrogens with zero attached hydrogens (tertiary/aromatic N) is 1. The van der Waals surface area contributed by atoms with Crippen LogP contribution >= 0.6 is 0 Å². The molecule has 1 nitrogen and oxygen atoms in total. The van der Waals surface area contributed by atoms with Crippen LogP contribution in [0.3, 0.4) is 0 Å². The molecule has 1 heterocycles. The van der Waals surface area contributed by atoms with Crippen LogP contribution in [0.4, 0.5) is 11.4 Å². The molecule has 4 aliphatic rings. The van der Waals surface area contributed by atoms with Gasteiger partial charge >= 0.3 is 0 Å². The van der Waals surface area contributed by atoms with Crippen molar-refractivity contribution in [3.63, 3.8) is 0 Å². The average molecular weight is 672 g/mol. The molecule has 3 unspecified atom stereocenters. The summed E-state index contributed by atoms with van der Waals surface area (Å²) in [5.41, 5.74) is 19.6. The lowest BCUT2D eigenvalue weighted by atomic mass is 9.78. The first-order chi connectivity index (χ1) is 25.3. The summed E-state index contributed by atoms with van der Waals surface area (Å²) in [5.74, 6) is 0.593. The molecule has 0 amide bonds. The molecule has 1 aliphatic heterocycles. The van der Waals surface area contributed by atoms with Crippen LogP contribution in [0.25, 0.3) is 22.3 Å². The van der Waals surface area contributed by atoms with Crippen LogP contribution in [-0.2, 0) is 17.3 Å². The summed E-state index contributed by atoms with van der Waals surface area (Å²) in [4.78, 5) is 2.54. The third kappa shape index (κ3) is 4.61. The van der Waals surface area contributed by atoms with E-state index in [0.717, 1.165) is 12.8 Å². The summed E-state index contributed by atoms with van der Waals surface area (Å²) in [6.45, 7) is 9.58. The first-order valence-corrected chi connectivity index (χ1v) is 19.1. The number of hydrogen-bond acceptors (Lipinski definition) is 1. The minimum Gasteiger partial charge on any atom is -0.333 e. The van der Waals surface area contributed by atoms with Gasteiger partial charge in [0, 0.05) is 34.0 Å². The van der Waals surface area contributed by atoms with Crippen molar-refractivity contribution in [1.82, 2.24) is 0 Å². The number of anilines is 2. The molecule has 0 aromatic heterocycles. The molecule has 3 atom stereocenters. The average Bonchev–Trinajstić information content (AvgIpc) is 3.72. The quantitative estimate of drug-likeness (QED) is 0.170. The minimum absolute atomic E-state index is 0.00498. The van der Waals surface area contributed by atoms with Crippen molar-refractivity contribution in [2.24, 2.45) is 0 Å². The number of hydrogen-bond donors (Lipinski definition) is 0. The zero-order valence-electron chi connectivity index (χ0n) is 30.6. The number of benzene rings is 6. The van der Waals surface area contributed by atoms with E-state index in [1.54, 1.807) is 0 Å². The van der Waals surface area contributed by atoms with Gasteiger partial charge < -0.3 is 4.90 Å². The fourth-order valence-corrected chi connectivity index (χ4v) is 10.1. The number of rotatable bonds is 6. The first kappa shape index (κ1) is 31.3. The summed E-state index contributed by atoms with van der Waals surface area (Å²) in [6, 6.07) is 51.2. The predicted molar refractivity (Wildman–Crippen MR) is 218 cm³/mol. The zero-order chi connectivity index (χ0) is 35.2. The van der Waals surface area contributed by atoms with Crippen molar-refractivity contribution in [3.8, 4) is 22.3 Å². The van der Waals surface area contributed by atoms with Gasteiger partial charge in [-0.25, -0.2) is 0 Å². The summed E-state index contributed by atoms with van der Waals surface area (Å²) in [7, 11) is 0. The Balaban J connectivity index is 1.06. The Hall–Kier alpha value is -5.40. The minimum atomic E-state index is -0.0341. The van der Waals surface area contributed by atoms with Gasteiger partial charge in [-0.3, -0.25) is 0 Å². The van der Waals surface area contributed by atoms with Crippen molar-refractivity contribution < 1.29 is 0 Å². The van der Waals surface area contributed by atoms with E-state index in [4.69, 9.17) is 0 Å². The third-order valence-corrected chi connectivity index (χ3v) is 12.9. The Bertz CT molecular complexity index is 2440. The van der Waals surface area contributed by atoms with Gasteiger partial charge in [0.1, 0.15) is 0 Å². The molecular formula is C51H45N.